The minimum Gasteiger partial charge on any atom is -0.348 e. The third-order valence-electron chi connectivity index (χ3n) is 3.24. The molecule has 0 aliphatic rings. The number of carbonyl (C=O) groups excluding carboxylic acids is 2. The Morgan fingerprint density at radius 2 is 1.68 bits per heavy atom. The summed E-state index contributed by atoms with van der Waals surface area (Å²) in [4.78, 5) is 25.8. The Labute approximate surface area is 141 Å². The summed E-state index contributed by atoms with van der Waals surface area (Å²) < 4.78 is 0. The number of carbonyl (C=O) groups is 2. The molecule has 0 unspecified atom stereocenters. The molecule has 0 bridgehead atoms. The first-order chi connectivity index (χ1) is 10.5. The van der Waals surface area contributed by atoms with Crippen molar-refractivity contribution in [3.63, 3.8) is 0 Å². The Kier molecular flexibility index (Phi) is 8.24. The molecule has 5 nitrogen and oxygen atoms in total. The highest BCUT2D eigenvalue weighted by molar-refractivity contribution is 6.44. The molecule has 2 amide bonds. The van der Waals surface area contributed by atoms with Gasteiger partial charge in [-0.1, -0.05) is 43.1 Å². The van der Waals surface area contributed by atoms with Gasteiger partial charge in [-0.15, -0.1) is 0 Å². The van der Waals surface area contributed by atoms with Crippen molar-refractivity contribution in [2.45, 2.75) is 20.3 Å². The Hall–Kier alpha value is -1.30. The van der Waals surface area contributed by atoms with Crippen LogP contribution in [-0.4, -0.2) is 42.9 Å². The molecule has 0 aliphatic carbocycles. The lowest BCUT2D eigenvalue weighted by Gasteiger charge is -2.17. The molecule has 0 radical (unpaired) electrons. The molecule has 0 heterocycles. The summed E-state index contributed by atoms with van der Waals surface area (Å²) in [6, 6.07) is 4.84. The maximum absolute atomic E-state index is 11.8. The van der Waals surface area contributed by atoms with Crippen LogP contribution in [0.5, 0.6) is 0 Å². The first kappa shape index (κ1) is 18.7. The van der Waals surface area contributed by atoms with Gasteiger partial charge in [0.15, 0.2) is 0 Å². The van der Waals surface area contributed by atoms with E-state index in [1.54, 1.807) is 18.2 Å². The normalized spacial score (nSPS) is 10.6. The number of nitrogens with one attached hydrogen (secondary N) is 2. The van der Waals surface area contributed by atoms with Gasteiger partial charge in [-0.3, -0.25) is 9.59 Å². The van der Waals surface area contributed by atoms with Gasteiger partial charge in [0.1, 0.15) is 0 Å². The van der Waals surface area contributed by atoms with E-state index >= 15 is 0 Å². The molecular weight excluding hydrogens is 325 g/mol. The van der Waals surface area contributed by atoms with Crippen LogP contribution < -0.4 is 10.6 Å². The first-order valence-electron chi connectivity index (χ1n) is 7.25. The van der Waals surface area contributed by atoms with E-state index < -0.39 is 11.8 Å². The zero-order valence-corrected chi connectivity index (χ0v) is 14.3. The van der Waals surface area contributed by atoms with Crippen LogP contribution in [0.4, 0.5) is 5.69 Å². The maximum atomic E-state index is 11.8. The largest absolute Gasteiger partial charge is 0.348 e. The van der Waals surface area contributed by atoms with E-state index in [2.05, 4.69) is 29.4 Å². The summed E-state index contributed by atoms with van der Waals surface area (Å²) in [7, 11) is 0. The number of halogens is 2. The van der Waals surface area contributed by atoms with Crippen molar-refractivity contribution in [3.05, 3.63) is 28.2 Å². The van der Waals surface area contributed by atoms with Crippen molar-refractivity contribution in [2.24, 2.45) is 0 Å². The second kappa shape index (κ2) is 9.66. The molecule has 22 heavy (non-hydrogen) atoms. The topological polar surface area (TPSA) is 61.4 Å². The fourth-order valence-electron chi connectivity index (χ4n) is 1.91. The number of benzene rings is 1. The van der Waals surface area contributed by atoms with Crippen LogP contribution in [0, 0.1) is 0 Å². The lowest BCUT2D eigenvalue weighted by molar-refractivity contribution is -0.136. The monoisotopic (exact) mass is 345 g/mol. The summed E-state index contributed by atoms with van der Waals surface area (Å²) in [5, 5.41) is 5.58. The van der Waals surface area contributed by atoms with E-state index in [0.717, 1.165) is 26.1 Å². The van der Waals surface area contributed by atoms with E-state index in [4.69, 9.17) is 23.2 Å². The van der Waals surface area contributed by atoms with Crippen molar-refractivity contribution in [1.82, 2.24) is 10.2 Å². The zero-order chi connectivity index (χ0) is 16.5. The molecule has 2 N–H and O–H groups in total. The number of nitrogens with zero attached hydrogens (tertiary/aromatic N) is 1. The molecule has 0 saturated carbocycles. The quantitative estimate of drug-likeness (QED) is 0.590. The molecule has 0 aromatic heterocycles. The summed E-state index contributed by atoms with van der Waals surface area (Å²) in [6.45, 7) is 7.43. The van der Waals surface area contributed by atoms with E-state index in [1.165, 1.54) is 0 Å². The number of rotatable bonds is 7. The molecule has 0 saturated heterocycles. The molecule has 0 fully saturated rings. The Balaban J connectivity index is 2.41. The fraction of sp³-hybridized carbons (Fsp3) is 0.467. The molecule has 1 aromatic rings. The lowest BCUT2D eigenvalue weighted by atomic mass is 10.3. The number of anilines is 1. The standard InChI is InChI=1S/C15H21Cl2N3O2/c1-3-20(4-2)10-6-9-18-14(21)15(22)19-13-11(16)7-5-8-12(13)17/h5,7-8H,3-4,6,9-10H2,1-2H3,(H,18,21)(H,19,22). The van der Waals surface area contributed by atoms with Gasteiger partial charge >= 0.3 is 11.8 Å². The van der Waals surface area contributed by atoms with Crippen LogP contribution in [0.25, 0.3) is 0 Å². The van der Waals surface area contributed by atoms with E-state index in [9.17, 15) is 9.59 Å². The Bertz CT molecular complexity index is 499. The van der Waals surface area contributed by atoms with Crippen molar-refractivity contribution < 1.29 is 9.59 Å². The Morgan fingerprint density at radius 1 is 1.09 bits per heavy atom. The molecular formula is C15H21Cl2N3O2. The van der Waals surface area contributed by atoms with Crippen LogP contribution in [-0.2, 0) is 9.59 Å². The summed E-state index contributed by atoms with van der Waals surface area (Å²) >= 11 is 11.9. The number of hydrogen-bond acceptors (Lipinski definition) is 3. The van der Waals surface area contributed by atoms with Crippen LogP contribution in [0.3, 0.4) is 0 Å². The van der Waals surface area contributed by atoms with Gasteiger partial charge in [0.25, 0.3) is 0 Å². The third kappa shape index (κ3) is 5.83. The van der Waals surface area contributed by atoms with Crippen molar-refractivity contribution >= 4 is 40.7 Å². The van der Waals surface area contributed by atoms with Gasteiger partial charge in [0.05, 0.1) is 15.7 Å². The van der Waals surface area contributed by atoms with Gasteiger partial charge in [0, 0.05) is 6.54 Å². The van der Waals surface area contributed by atoms with E-state index in [1.807, 2.05) is 0 Å². The predicted molar refractivity (Wildman–Crippen MR) is 90.5 cm³/mol. The van der Waals surface area contributed by atoms with Gasteiger partial charge in [-0.2, -0.15) is 0 Å². The van der Waals surface area contributed by atoms with E-state index in [-0.39, 0.29) is 15.7 Å². The molecule has 0 spiro atoms. The van der Waals surface area contributed by atoms with Gasteiger partial charge in [-0.05, 0) is 38.2 Å². The average Bonchev–Trinajstić information content (AvgIpc) is 2.50. The second-order valence-corrected chi connectivity index (χ2v) is 5.50. The van der Waals surface area contributed by atoms with Gasteiger partial charge < -0.3 is 15.5 Å². The third-order valence-corrected chi connectivity index (χ3v) is 3.87. The Morgan fingerprint density at radius 3 is 2.23 bits per heavy atom. The molecule has 0 atom stereocenters. The lowest BCUT2D eigenvalue weighted by Crippen LogP contribution is -2.37. The molecule has 0 aliphatic heterocycles. The van der Waals surface area contributed by atoms with Gasteiger partial charge in [0.2, 0.25) is 0 Å². The van der Waals surface area contributed by atoms with Crippen molar-refractivity contribution in [2.75, 3.05) is 31.5 Å². The second-order valence-electron chi connectivity index (χ2n) is 4.69. The van der Waals surface area contributed by atoms with Gasteiger partial charge in [-0.25, -0.2) is 0 Å². The number of para-hydroxylation sites is 1. The van der Waals surface area contributed by atoms with Crippen LogP contribution in [0.15, 0.2) is 18.2 Å². The highest BCUT2D eigenvalue weighted by Crippen LogP contribution is 2.29. The summed E-state index contributed by atoms with van der Waals surface area (Å²) in [5.74, 6) is -1.48. The number of hydrogen-bond donors (Lipinski definition) is 2. The zero-order valence-electron chi connectivity index (χ0n) is 12.8. The van der Waals surface area contributed by atoms with Crippen LogP contribution in [0.2, 0.25) is 10.0 Å². The first-order valence-corrected chi connectivity index (χ1v) is 8.00. The van der Waals surface area contributed by atoms with Crippen molar-refractivity contribution in [1.29, 1.82) is 0 Å². The molecule has 122 valence electrons. The van der Waals surface area contributed by atoms with Crippen LogP contribution in [0.1, 0.15) is 20.3 Å². The minimum atomic E-state index is -0.780. The number of amides is 2. The average molecular weight is 346 g/mol. The van der Waals surface area contributed by atoms with Crippen LogP contribution >= 0.6 is 23.2 Å². The summed E-state index contributed by atoms with van der Waals surface area (Å²) in [6.07, 6.45) is 0.785. The molecule has 1 aromatic carbocycles. The minimum absolute atomic E-state index is 0.245. The summed E-state index contributed by atoms with van der Waals surface area (Å²) in [5.41, 5.74) is 0.245. The predicted octanol–water partition coefficient (Wildman–Crippen LogP) is 2.78. The smallest absolute Gasteiger partial charge is 0.313 e. The highest BCUT2D eigenvalue weighted by Gasteiger charge is 2.16. The maximum Gasteiger partial charge on any atom is 0.313 e. The fourth-order valence-corrected chi connectivity index (χ4v) is 2.40. The SMILES string of the molecule is CCN(CC)CCCNC(=O)C(=O)Nc1c(Cl)cccc1Cl. The molecule has 1 rings (SSSR count). The van der Waals surface area contributed by atoms with Crippen molar-refractivity contribution in [3.8, 4) is 0 Å². The molecule has 7 heteroatoms. The van der Waals surface area contributed by atoms with E-state index in [0.29, 0.717) is 6.54 Å². The highest BCUT2D eigenvalue weighted by atomic mass is 35.5.